The number of ether oxygens (including phenoxy) is 3. The fourth-order valence-electron chi connectivity index (χ4n) is 3.06. The third-order valence-corrected chi connectivity index (χ3v) is 5.56. The molecule has 8 nitrogen and oxygen atoms in total. The van der Waals surface area contributed by atoms with Crippen LogP contribution in [-0.4, -0.2) is 59.2 Å². The summed E-state index contributed by atoms with van der Waals surface area (Å²) in [6, 6.07) is 14.5. The average Bonchev–Trinajstić information content (AvgIpc) is 3.22. The van der Waals surface area contributed by atoms with E-state index in [0.29, 0.717) is 36.2 Å². The first-order valence-electron chi connectivity index (χ1n) is 9.92. The van der Waals surface area contributed by atoms with Crippen LogP contribution in [0.15, 0.2) is 48.5 Å². The van der Waals surface area contributed by atoms with Crippen molar-refractivity contribution < 1.29 is 23.4 Å². The number of carbonyl (C=O) groups excluding carboxylic acids is 1. The second kappa shape index (κ2) is 9.13. The maximum Gasteiger partial charge on any atom is 0.336 e. The molecule has 3 aromatic rings. The molecule has 0 bridgehead atoms. The molecule has 0 unspecified atom stereocenters. The summed E-state index contributed by atoms with van der Waals surface area (Å²) in [6.07, 6.45) is -1.33. The van der Waals surface area contributed by atoms with Crippen molar-refractivity contribution in [2.75, 3.05) is 32.8 Å². The topological polar surface area (TPSA) is 87.5 Å². The van der Waals surface area contributed by atoms with E-state index in [1.165, 1.54) is 0 Å². The maximum atomic E-state index is 13.4. The van der Waals surface area contributed by atoms with Crippen LogP contribution in [0.3, 0.4) is 0 Å². The van der Waals surface area contributed by atoms with E-state index in [-0.39, 0.29) is 12.4 Å². The molecule has 0 aliphatic heterocycles. The standard InChI is InChI=1S/C22H22ClFN4O4/c1-30-10-11-32-21-26-19(14-6-8-17(31-2)9-7-14)28(27-21)16-5-3-4-15(12-16)25-20(29)22(23)13-18(22)24/h3-9,12,18H,10-11,13H2,1-2H3,(H,25,29)/t18-,22+/m0/s1. The van der Waals surface area contributed by atoms with E-state index in [9.17, 15) is 9.18 Å². The number of carbonyl (C=O) groups is 1. The van der Waals surface area contributed by atoms with Crippen molar-refractivity contribution in [3.8, 4) is 28.8 Å². The third-order valence-electron chi connectivity index (χ3n) is 4.99. The fraction of sp³-hybridized carbons (Fsp3) is 0.318. The molecule has 1 aliphatic carbocycles. The van der Waals surface area contributed by atoms with E-state index in [1.54, 1.807) is 37.1 Å². The molecule has 32 heavy (non-hydrogen) atoms. The van der Waals surface area contributed by atoms with E-state index in [4.69, 9.17) is 25.8 Å². The van der Waals surface area contributed by atoms with Crippen LogP contribution < -0.4 is 14.8 Å². The van der Waals surface area contributed by atoms with Crippen molar-refractivity contribution in [3.05, 3.63) is 48.5 Å². The molecule has 1 aromatic heterocycles. The second-order valence-electron chi connectivity index (χ2n) is 7.24. The van der Waals surface area contributed by atoms with Crippen molar-refractivity contribution in [2.24, 2.45) is 0 Å². The van der Waals surface area contributed by atoms with Gasteiger partial charge in [-0.15, -0.1) is 16.7 Å². The van der Waals surface area contributed by atoms with E-state index in [1.807, 2.05) is 30.3 Å². The summed E-state index contributed by atoms with van der Waals surface area (Å²) >= 11 is 5.99. The van der Waals surface area contributed by atoms with Gasteiger partial charge in [-0.25, -0.2) is 9.07 Å². The first kappa shape index (κ1) is 22.0. The number of anilines is 1. The SMILES string of the molecule is COCCOc1nc(-c2ccc(OC)cc2)n(-c2cccc(NC(=O)[C@@]3(Cl)C[C@@H]3F)c2)n1. The molecule has 168 valence electrons. The minimum absolute atomic E-state index is 0.00689. The predicted molar refractivity (Wildman–Crippen MR) is 117 cm³/mol. The zero-order valence-corrected chi connectivity index (χ0v) is 18.3. The molecule has 0 radical (unpaired) electrons. The quantitative estimate of drug-likeness (QED) is 0.387. The van der Waals surface area contributed by atoms with Crippen LogP contribution in [0.2, 0.25) is 0 Å². The second-order valence-corrected chi connectivity index (χ2v) is 7.91. The van der Waals surface area contributed by atoms with Crippen LogP contribution in [0.1, 0.15) is 6.42 Å². The van der Waals surface area contributed by atoms with Gasteiger partial charge in [-0.2, -0.15) is 4.98 Å². The molecule has 1 saturated carbocycles. The van der Waals surface area contributed by atoms with Gasteiger partial charge < -0.3 is 19.5 Å². The Hall–Kier alpha value is -3.17. The number of nitrogens with zero attached hydrogens (tertiary/aromatic N) is 3. The first-order valence-corrected chi connectivity index (χ1v) is 10.3. The summed E-state index contributed by atoms with van der Waals surface area (Å²) < 4.78 is 30.9. The molecular formula is C22H22ClFN4O4. The monoisotopic (exact) mass is 460 g/mol. The zero-order chi connectivity index (χ0) is 22.7. The molecule has 1 heterocycles. The molecule has 1 aliphatic rings. The number of alkyl halides is 2. The molecule has 0 saturated heterocycles. The predicted octanol–water partition coefficient (Wildman–Crippen LogP) is 3.63. The molecule has 0 spiro atoms. The molecular weight excluding hydrogens is 439 g/mol. The molecule has 1 N–H and O–H groups in total. The molecule has 1 fully saturated rings. The van der Waals surface area contributed by atoms with E-state index in [0.717, 1.165) is 5.56 Å². The van der Waals surface area contributed by atoms with Gasteiger partial charge in [-0.05, 0) is 42.5 Å². The number of methoxy groups -OCH3 is 2. The summed E-state index contributed by atoms with van der Waals surface area (Å²) in [5, 5.41) is 7.13. The number of halogens is 2. The van der Waals surface area contributed by atoms with Crippen LogP contribution >= 0.6 is 11.6 Å². The summed E-state index contributed by atoms with van der Waals surface area (Å²) in [5.74, 6) is 0.673. The Kier molecular flexibility index (Phi) is 6.29. The van der Waals surface area contributed by atoms with Gasteiger partial charge in [0.1, 0.15) is 18.5 Å². The highest BCUT2D eigenvalue weighted by atomic mass is 35.5. The van der Waals surface area contributed by atoms with Crippen molar-refractivity contribution >= 4 is 23.2 Å². The van der Waals surface area contributed by atoms with Crippen LogP contribution in [-0.2, 0) is 9.53 Å². The molecule has 2 atom stereocenters. The van der Waals surface area contributed by atoms with Gasteiger partial charge in [0.15, 0.2) is 10.7 Å². The van der Waals surface area contributed by atoms with Crippen LogP contribution in [0.4, 0.5) is 10.1 Å². The number of nitrogens with one attached hydrogen (secondary N) is 1. The number of benzene rings is 2. The van der Waals surface area contributed by atoms with Crippen molar-refractivity contribution in [1.29, 1.82) is 0 Å². The van der Waals surface area contributed by atoms with Crippen LogP contribution in [0, 0.1) is 0 Å². The number of amides is 1. The maximum absolute atomic E-state index is 13.4. The zero-order valence-electron chi connectivity index (χ0n) is 17.5. The Labute approximate surface area is 189 Å². The molecule has 4 rings (SSSR count). The van der Waals surface area contributed by atoms with Crippen molar-refractivity contribution in [1.82, 2.24) is 14.8 Å². The molecule has 1 amide bonds. The lowest BCUT2D eigenvalue weighted by Gasteiger charge is -2.11. The van der Waals surface area contributed by atoms with Gasteiger partial charge in [0.25, 0.3) is 0 Å². The minimum Gasteiger partial charge on any atom is -0.497 e. The van der Waals surface area contributed by atoms with Gasteiger partial charge in [0.05, 0.1) is 19.4 Å². The van der Waals surface area contributed by atoms with Crippen LogP contribution in [0.5, 0.6) is 11.8 Å². The number of hydrogen-bond donors (Lipinski definition) is 1. The Bertz CT molecular complexity index is 1110. The van der Waals surface area contributed by atoms with Gasteiger partial charge in [-0.3, -0.25) is 4.79 Å². The first-order chi connectivity index (χ1) is 15.4. The largest absolute Gasteiger partial charge is 0.497 e. The Balaban J connectivity index is 1.65. The van der Waals surface area contributed by atoms with Gasteiger partial charge in [-0.1, -0.05) is 6.07 Å². The van der Waals surface area contributed by atoms with E-state index >= 15 is 0 Å². The lowest BCUT2D eigenvalue weighted by Crippen LogP contribution is -2.27. The smallest absolute Gasteiger partial charge is 0.336 e. The molecule has 2 aromatic carbocycles. The Morgan fingerprint density at radius 1 is 1.25 bits per heavy atom. The molecule has 10 heteroatoms. The van der Waals surface area contributed by atoms with E-state index < -0.39 is 17.0 Å². The number of rotatable bonds is 9. The third kappa shape index (κ3) is 4.53. The Morgan fingerprint density at radius 2 is 2.00 bits per heavy atom. The highest BCUT2D eigenvalue weighted by Crippen LogP contribution is 2.46. The summed E-state index contributed by atoms with van der Waals surface area (Å²) in [7, 11) is 3.17. The normalized spacial score (nSPS) is 19.4. The lowest BCUT2D eigenvalue weighted by atomic mass is 10.2. The van der Waals surface area contributed by atoms with Gasteiger partial charge in [0.2, 0.25) is 5.91 Å². The number of aromatic nitrogens is 3. The summed E-state index contributed by atoms with van der Waals surface area (Å²) in [4.78, 5) is 15.3. The van der Waals surface area contributed by atoms with Gasteiger partial charge in [0, 0.05) is 24.8 Å². The minimum atomic E-state index is -1.49. The highest BCUT2D eigenvalue weighted by Gasteiger charge is 2.60. The Morgan fingerprint density at radius 3 is 2.66 bits per heavy atom. The van der Waals surface area contributed by atoms with Gasteiger partial charge >= 0.3 is 6.01 Å². The van der Waals surface area contributed by atoms with E-state index in [2.05, 4.69) is 15.4 Å². The number of hydrogen-bond acceptors (Lipinski definition) is 6. The summed E-state index contributed by atoms with van der Waals surface area (Å²) in [6.45, 7) is 0.685. The van der Waals surface area contributed by atoms with Crippen molar-refractivity contribution in [2.45, 2.75) is 17.5 Å². The highest BCUT2D eigenvalue weighted by molar-refractivity contribution is 6.39. The summed E-state index contributed by atoms with van der Waals surface area (Å²) in [5.41, 5.74) is 1.87. The van der Waals surface area contributed by atoms with Crippen LogP contribution in [0.25, 0.3) is 17.1 Å². The lowest BCUT2D eigenvalue weighted by molar-refractivity contribution is -0.116. The van der Waals surface area contributed by atoms with Crippen molar-refractivity contribution in [3.63, 3.8) is 0 Å². The average molecular weight is 461 g/mol. The fourth-order valence-corrected chi connectivity index (χ4v) is 3.25.